The van der Waals surface area contributed by atoms with E-state index in [0.29, 0.717) is 22.5 Å². The highest BCUT2D eigenvalue weighted by molar-refractivity contribution is 7.46. The maximum Gasteiger partial charge on any atom is 0.469 e. The number of aromatic hydroxyl groups is 1. The van der Waals surface area contributed by atoms with Gasteiger partial charge in [-0.3, -0.25) is 4.52 Å². The molecule has 1 aromatic carbocycles. The molecule has 0 amide bonds. The predicted molar refractivity (Wildman–Crippen MR) is 113 cm³/mol. The summed E-state index contributed by atoms with van der Waals surface area (Å²) in [7, 11) is -3.48. The number of phenols is 1. The van der Waals surface area contributed by atoms with Crippen LogP contribution in [-0.4, -0.2) is 83.4 Å². The van der Waals surface area contributed by atoms with Crippen molar-refractivity contribution in [3.8, 4) is 17.2 Å². The molecule has 1 saturated heterocycles. The van der Waals surface area contributed by atoms with Crippen molar-refractivity contribution in [1.29, 1.82) is 0 Å². The van der Waals surface area contributed by atoms with Gasteiger partial charge in [-0.2, -0.15) is 0 Å². The Morgan fingerprint density at radius 2 is 2.00 bits per heavy atom. The summed E-state index contributed by atoms with van der Waals surface area (Å²) in [5.74, 6) is 0.0520. The fraction of sp³-hybridized carbons (Fsp3) is 0.389. The van der Waals surface area contributed by atoms with Gasteiger partial charge in [0.1, 0.15) is 30.2 Å². The van der Waals surface area contributed by atoms with Crippen LogP contribution < -0.4 is 14.8 Å². The zero-order chi connectivity index (χ0) is 24.5. The number of hydrogen-bond acceptors (Lipinski definition) is 12. The number of aromatic amines is 1. The van der Waals surface area contributed by atoms with Crippen molar-refractivity contribution in [2.45, 2.75) is 31.1 Å². The quantitative estimate of drug-likeness (QED) is 0.186. The third-order valence-electron chi connectivity index (χ3n) is 5.03. The smallest absolute Gasteiger partial charge is 0.469 e. The molecule has 0 radical (unpaired) electrons. The lowest BCUT2D eigenvalue weighted by atomic mass is 10.1. The van der Waals surface area contributed by atoms with Crippen LogP contribution >= 0.6 is 7.82 Å². The summed E-state index contributed by atoms with van der Waals surface area (Å²) in [5, 5.41) is 34.3. The molecule has 15 nitrogen and oxygen atoms in total. The number of benzene rings is 1. The van der Waals surface area contributed by atoms with Crippen molar-refractivity contribution in [2.24, 2.45) is 0 Å². The number of rotatable bonds is 9. The SMILES string of the molecule is COc1ccc(CNc2ncnc3nc[nH]c23)c(O)c1OC1O[C@H](COP(=O)(O)O)[C@@H](O)[C@H]1O. The van der Waals surface area contributed by atoms with E-state index in [9.17, 15) is 19.9 Å². The van der Waals surface area contributed by atoms with Gasteiger partial charge < -0.3 is 49.6 Å². The monoisotopic (exact) mass is 499 g/mol. The van der Waals surface area contributed by atoms with Crippen LogP contribution in [0.4, 0.5) is 5.82 Å². The van der Waals surface area contributed by atoms with Gasteiger partial charge in [-0.1, -0.05) is 0 Å². The second-order valence-corrected chi connectivity index (χ2v) is 8.45. The van der Waals surface area contributed by atoms with Crippen LogP contribution in [0.5, 0.6) is 17.2 Å². The summed E-state index contributed by atoms with van der Waals surface area (Å²) in [5.41, 5.74) is 1.41. The molecule has 4 atom stereocenters. The number of phosphoric ester groups is 1. The van der Waals surface area contributed by atoms with Gasteiger partial charge in [0.05, 0.1) is 20.0 Å². The van der Waals surface area contributed by atoms with E-state index in [-0.39, 0.29) is 23.8 Å². The van der Waals surface area contributed by atoms with E-state index in [4.69, 9.17) is 24.0 Å². The highest BCUT2D eigenvalue weighted by Crippen LogP contribution is 2.42. The maximum atomic E-state index is 10.9. The van der Waals surface area contributed by atoms with Crippen molar-refractivity contribution in [3.05, 3.63) is 30.4 Å². The molecule has 2 aromatic heterocycles. The Balaban J connectivity index is 1.51. The molecule has 1 unspecified atom stereocenters. The molecule has 0 spiro atoms. The number of H-pyrrole nitrogens is 1. The number of aliphatic hydroxyl groups excluding tert-OH is 2. The highest BCUT2D eigenvalue weighted by atomic mass is 31.2. The van der Waals surface area contributed by atoms with Crippen LogP contribution in [0.1, 0.15) is 5.56 Å². The number of ether oxygens (including phenoxy) is 3. The van der Waals surface area contributed by atoms with E-state index in [0.717, 1.165) is 0 Å². The van der Waals surface area contributed by atoms with Gasteiger partial charge in [-0.05, 0) is 12.1 Å². The van der Waals surface area contributed by atoms with E-state index in [1.165, 1.54) is 25.8 Å². The normalized spacial score (nSPS) is 22.7. The second kappa shape index (κ2) is 9.68. The average Bonchev–Trinajstić information content (AvgIpc) is 3.38. The number of imidazole rings is 1. The van der Waals surface area contributed by atoms with Crippen LogP contribution in [0.25, 0.3) is 11.2 Å². The summed E-state index contributed by atoms with van der Waals surface area (Å²) < 4.78 is 31.4. The molecule has 7 N–H and O–H groups in total. The number of fused-ring (bicyclic) bond motifs is 1. The fourth-order valence-electron chi connectivity index (χ4n) is 3.32. The van der Waals surface area contributed by atoms with E-state index >= 15 is 0 Å². The van der Waals surface area contributed by atoms with Crippen molar-refractivity contribution < 1.29 is 48.4 Å². The van der Waals surface area contributed by atoms with Crippen LogP contribution in [0.2, 0.25) is 0 Å². The maximum absolute atomic E-state index is 10.9. The summed E-state index contributed by atoms with van der Waals surface area (Å²) in [6.07, 6.45) is -3.14. The molecule has 1 aliphatic heterocycles. The van der Waals surface area contributed by atoms with Crippen LogP contribution in [0.15, 0.2) is 24.8 Å². The van der Waals surface area contributed by atoms with Gasteiger partial charge in [0.15, 0.2) is 23.0 Å². The van der Waals surface area contributed by atoms with Crippen molar-refractivity contribution in [2.75, 3.05) is 19.0 Å². The standard InChI is InChI=1S/C18H22N5O10P/c1-30-9-3-2-8(4-19-16-11-17(21-6-20-11)23-7-22-16)12(24)15(9)33-18-14(26)13(25)10(32-18)5-31-34(27,28)29/h2-3,6-7,10,13-14,18,24-26H,4-5H2,1H3,(H2,27,28,29)(H2,19,20,21,22,23)/t10-,13-,14-,18?/m1/s1. The lowest BCUT2D eigenvalue weighted by molar-refractivity contribution is -0.117. The summed E-state index contributed by atoms with van der Waals surface area (Å²) in [6, 6.07) is 3.10. The largest absolute Gasteiger partial charge is 0.504 e. The molecule has 0 bridgehead atoms. The van der Waals surface area contributed by atoms with Crippen LogP contribution in [0, 0.1) is 0 Å². The molecule has 0 aliphatic carbocycles. The Morgan fingerprint density at radius 3 is 2.74 bits per heavy atom. The Kier molecular flexibility index (Phi) is 6.86. The third-order valence-corrected chi connectivity index (χ3v) is 5.51. The first-order chi connectivity index (χ1) is 16.2. The van der Waals surface area contributed by atoms with Gasteiger partial charge in [-0.15, -0.1) is 0 Å². The summed E-state index contributed by atoms with van der Waals surface area (Å²) >= 11 is 0. The zero-order valence-corrected chi connectivity index (χ0v) is 18.5. The van der Waals surface area contributed by atoms with Crippen molar-refractivity contribution in [1.82, 2.24) is 19.9 Å². The number of hydrogen-bond donors (Lipinski definition) is 7. The molecule has 34 heavy (non-hydrogen) atoms. The third kappa shape index (κ3) is 5.05. The number of aliphatic hydroxyl groups is 2. The predicted octanol–water partition coefficient (Wildman–Crippen LogP) is -0.386. The highest BCUT2D eigenvalue weighted by Gasteiger charge is 2.45. The topological polar surface area (TPSA) is 222 Å². The Bertz CT molecular complexity index is 1200. The number of methoxy groups -OCH3 is 1. The fourth-order valence-corrected chi connectivity index (χ4v) is 3.67. The van der Waals surface area contributed by atoms with Gasteiger partial charge in [0.25, 0.3) is 0 Å². The number of phenolic OH excluding ortho intramolecular Hbond substituents is 1. The minimum atomic E-state index is -4.82. The minimum absolute atomic E-state index is 0.104. The van der Waals surface area contributed by atoms with Gasteiger partial charge >= 0.3 is 7.82 Å². The molecule has 1 aliphatic rings. The second-order valence-electron chi connectivity index (χ2n) is 7.21. The molecular weight excluding hydrogens is 477 g/mol. The van der Waals surface area contributed by atoms with Gasteiger partial charge in [0.2, 0.25) is 12.0 Å². The van der Waals surface area contributed by atoms with Crippen molar-refractivity contribution in [3.63, 3.8) is 0 Å². The zero-order valence-electron chi connectivity index (χ0n) is 17.6. The summed E-state index contributed by atoms with van der Waals surface area (Å²) in [4.78, 5) is 32.8. The number of nitrogens with zero attached hydrogens (tertiary/aromatic N) is 3. The molecule has 16 heteroatoms. The molecule has 3 heterocycles. The Hall–Kier alpha value is -3.04. The van der Waals surface area contributed by atoms with Crippen molar-refractivity contribution >= 4 is 24.8 Å². The van der Waals surface area contributed by atoms with Crippen LogP contribution in [-0.2, 0) is 20.4 Å². The average molecular weight is 499 g/mol. The number of anilines is 1. The van der Waals surface area contributed by atoms with Gasteiger partial charge in [-0.25, -0.2) is 19.5 Å². The molecule has 184 valence electrons. The lowest BCUT2D eigenvalue weighted by Gasteiger charge is -2.21. The van der Waals surface area contributed by atoms with E-state index in [1.807, 2.05) is 0 Å². The number of aromatic nitrogens is 4. The number of nitrogens with one attached hydrogen (secondary N) is 2. The number of phosphoric acid groups is 1. The molecule has 4 rings (SSSR count). The first-order valence-corrected chi connectivity index (χ1v) is 11.4. The summed E-state index contributed by atoms with van der Waals surface area (Å²) in [6.45, 7) is -0.594. The lowest BCUT2D eigenvalue weighted by Crippen LogP contribution is -2.36. The Morgan fingerprint density at radius 1 is 1.21 bits per heavy atom. The van der Waals surface area contributed by atoms with E-state index in [2.05, 4.69) is 29.8 Å². The molecule has 3 aromatic rings. The van der Waals surface area contributed by atoms with E-state index < -0.39 is 39.0 Å². The molecule has 1 fully saturated rings. The molecular formula is C18H22N5O10P. The van der Waals surface area contributed by atoms with Gasteiger partial charge in [0, 0.05) is 12.1 Å². The first-order valence-electron chi connectivity index (χ1n) is 9.83. The van der Waals surface area contributed by atoms with E-state index in [1.54, 1.807) is 6.07 Å². The minimum Gasteiger partial charge on any atom is -0.504 e. The van der Waals surface area contributed by atoms with Crippen LogP contribution in [0.3, 0.4) is 0 Å². The first kappa shape index (κ1) is 24.1. The molecule has 0 saturated carbocycles. The Labute approximate surface area is 191 Å².